The fraction of sp³-hybridized carbons (Fsp3) is 0.462. The molecular formula is C13H17F3N2O. The third-order valence-electron chi connectivity index (χ3n) is 2.87. The molecule has 2 atom stereocenters. The van der Waals surface area contributed by atoms with Gasteiger partial charge in [0.25, 0.3) is 0 Å². The minimum Gasteiger partial charge on any atom is -0.348 e. The Morgan fingerprint density at radius 2 is 1.84 bits per heavy atom. The molecule has 1 amide bonds. The first kappa shape index (κ1) is 15.5. The summed E-state index contributed by atoms with van der Waals surface area (Å²) < 4.78 is 37.2. The second-order valence-electron chi connectivity index (χ2n) is 4.36. The van der Waals surface area contributed by atoms with Crippen LogP contribution in [0.25, 0.3) is 0 Å². The zero-order valence-electron chi connectivity index (χ0n) is 10.8. The van der Waals surface area contributed by atoms with Gasteiger partial charge in [-0.3, -0.25) is 4.79 Å². The van der Waals surface area contributed by atoms with Gasteiger partial charge in [0.05, 0.1) is 17.6 Å². The van der Waals surface area contributed by atoms with Crippen molar-refractivity contribution in [2.45, 2.75) is 38.5 Å². The molecule has 0 aromatic heterocycles. The fourth-order valence-corrected chi connectivity index (χ4v) is 1.55. The van der Waals surface area contributed by atoms with Crippen molar-refractivity contribution >= 4 is 5.91 Å². The lowest BCUT2D eigenvalue weighted by Crippen LogP contribution is -2.41. The van der Waals surface area contributed by atoms with E-state index in [-0.39, 0.29) is 11.9 Å². The van der Waals surface area contributed by atoms with Crippen molar-refractivity contribution in [3.8, 4) is 0 Å². The zero-order valence-corrected chi connectivity index (χ0v) is 10.8. The molecule has 0 aliphatic carbocycles. The van der Waals surface area contributed by atoms with Gasteiger partial charge in [0.1, 0.15) is 0 Å². The molecule has 0 heterocycles. The van der Waals surface area contributed by atoms with Crippen LogP contribution in [0, 0.1) is 0 Å². The highest BCUT2D eigenvalue weighted by Crippen LogP contribution is 2.29. The summed E-state index contributed by atoms with van der Waals surface area (Å²) in [6, 6.07) is 3.72. The lowest BCUT2D eigenvalue weighted by atomic mass is 10.1. The summed E-state index contributed by atoms with van der Waals surface area (Å²) in [7, 11) is 0. The minimum atomic E-state index is -4.35. The normalized spacial score (nSPS) is 14.8. The van der Waals surface area contributed by atoms with Crippen molar-refractivity contribution in [1.29, 1.82) is 0 Å². The standard InChI is InChI=1S/C13H17F3N2O/c1-3-11(17)12(19)18-8(2)9-4-6-10(7-5-9)13(14,15)16/h4-8,11H,3,17H2,1-2H3,(H,18,19)/t8?,11-/m0/s1. The Bertz CT molecular complexity index is 429. The summed E-state index contributed by atoms with van der Waals surface area (Å²) in [4.78, 5) is 11.6. The smallest absolute Gasteiger partial charge is 0.348 e. The van der Waals surface area contributed by atoms with Crippen molar-refractivity contribution in [2.75, 3.05) is 0 Å². The second-order valence-corrected chi connectivity index (χ2v) is 4.36. The van der Waals surface area contributed by atoms with Gasteiger partial charge in [-0.05, 0) is 31.0 Å². The molecule has 0 spiro atoms. The molecule has 0 bridgehead atoms. The lowest BCUT2D eigenvalue weighted by molar-refractivity contribution is -0.137. The van der Waals surface area contributed by atoms with E-state index in [4.69, 9.17) is 5.73 Å². The van der Waals surface area contributed by atoms with E-state index in [0.717, 1.165) is 12.1 Å². The Morgan fingerprint density at radius 1 is 1.32 bits per heavy atom. The topological polar surface area (TPSA) is 55.1 Å². The van der Waals surface area contributed by atoms with Gasteiger partial charge in [0.2, 0.25) is 5.91 Å². The second kappa shape index (κ2) is 6.06. The molecule has 6 heteroatoms. The van der Waals surface area contributed by atoms with Crippen LogP contribution in [-0.2, 0) is 11.0 Å². The molecule has 106 valence electrons. The van der Waals surface area contributed by atoms with Crippen LogP contribution >= 0.6 is 0 Å². The van der Waals surface area contributed by atoms with Crippen LogP contribution in [-0.4, -0.2) is 11.9 Å². The minimum absolute atomic E-state index is 0.310. The van der Waals surface area contributed by atoms with Gasteiger partial charge < -0.3 is 11.1 Å². The van der Waals surface area contributed by atoms with Gasteiger partial charge in [0, 0.05) is 0 Å². The summed E-state index contributed by atoms with van der Waals surface area (Å²) in [6.45, 7) is 3.48. The van der Waals surface area contributed by atoms with Gasteiger partial charge in [-0.2, -0.15) is 13.2 Å². The maximum Gasteiger partial charge on any atom is 0.416 e. The monoisotopic (exact) mass is 274 g/mol. The summed E-state index contributed by atoms with van der Waals surface area (Å²) in [5.74, 6) is -0.310. The summed E-state index contributed by atoms with van der Waals surface area (Å²) >= 11 is 0. The predicted molar refractivity (Wildman–Crippen MR) is 66.3 cm³/mol. The number of hydrogen-bond donors (Lipinski definition) is 2. The number of rotatable bonds is 4. The molecule has 1 aromatic rings. The molecule has 3 N–H and O–H groups in total. The van der Waals surface area contributed by atoms with Crippen molar-refractivity contribution in [2.24, 2.45) is 5.73 Å². The van der Waals surface area contributed by atoms with E-state index in [0.29, 0.717) is 12.0 Å². The van der Waals surface area contributed by atoms with Crippen LogP contribution < -0.4 is 11.1 Å². The van der Waals surface area contributed by atoms with Crippen molar-refractivity contribution in [1.82, 2.24) is 5.32 Å². The average Bonchev–Trinajstić information content (AvgIpc) is 2.36. The van der Waals surface area contributed by atoms with Crippen LogP contribution in [0.2, 0.25) is 0 Å². The first-order valence-electron chi connectivity index (χ1n) is 5.98. The van der Waals surface area contributed by atoms with Crippen LogP contribution in [0.15, 0.2) is 24.3 Å². The highest BCUT2D eigenvalue weighted by molar-refractivity contribution is 5.81. The summed E-state index contributed by atoms with van der Waals surface area (Å²) in [5.41, 5.74) is 5.46. The van der Waals surface area contributed by atoms with Gasteiger partial charge in [-0.25, -0.2) is 0 Å². The van der Waals surface area contributed by atoms with Crippen molar-refractivity contribution < 1.29 is 18.0 Å². The Labute approximate surface area is 110 Å². The molecule has 0 aliphatic heterocycles. The van der Waals surface area contributed by atoms with Crippen LogP contribution in [0.3, 0.4) is 0 Å². The maximum atomic E-state index is 12.4. The van der Waals surface area contributed by atoms with E-state index in [2.05, 4.69) is 5.32 Å². The molecule has 0 saturated carbocycles. The Balaban J connectivity index is 2.73. The molecule has 1 aromatic carbocycles. The number of carbonyl (C=O) groups excluding carboxylic acids is 1. The number of amides is 1. The maximum absolute atomic E-state index is 12.4. The van der Waals surface area contributed by atoms with E-state index >= 15 is 0 Å². The Hall–Kier alpha value is -1.56. The van der Waals surface area contributed by atoms with E-state index in [9.17, 15) is 18.0 Å². The molecule has 0 aliphatic rings. The van der Waals surface area contributed by atoms with Crippen LogP contribution in [0.5, 0.6) is 0 Å². The van der Waals surface area contributed by atoms with Gasteiger partial charge in [-0.15, -0.1) is 0 Å². The zero-order chi connectivity index (χ0) is 14.6. The highest BCUT2D eigenvalue weighted by Gasteiger charge is 2.30. The molecule has 0 radical (unpaired) electrons. The first-order chi connectivity index (χ1) is 8.75. The van der Waals surface area contributed by atoms with Gasteiger partial charge >= 0.3 is 6.18 Å². The number of halogens is 3. The van der Waals surface area contributed by atoms with Crippen molar-refractivity contribution in [3.05, 3.63) is 35.4 Å². The highest BCUT2D eigenvalue weighted by atomic mass is 19.4. The average molecular weight is 274 g/mol. The molecule has 3 nitrogen and oxygen atoms in total. The number of nitrogens with one attached hydrogen (secondary N) is 1. The number of hydrogen-bond acceptors (Lipinski definition) is 2. The van der Waals surface area contributed by atoms with Gasteiger partial charge in [0.15, 0.2) is 0 Å². The van der Waals surface area contributed by atoms with Gasteiger partial charge in [-0.1, -0.05) is 19.1 Å². The van der Waals surface area contributed by atoms with E-state index in [1.807, 2.05) is 0 Å². The Kier molecular flexibility index (Phi) is 4.94. The SMILES string of the molecule is CC[C@H](N)C(=O)NC(C)c1ccc(C(F)(F)F)cc1. The summed E-state index contributed by atoms with van der Waals surface area (Å²) in [5, 5.41) is 2.66. The Morgan fingerprint density at radius 3 is 2.26 bits per heavy atom. The third-order valence-corrected chi connectivity index (χ3v) is 2.87. The number of alkyl halides is 3. The molecule has 0 saturated heterocycles. The fourth-order valence-electron chi connectivity index (χ4n) is 1.55. The number of carbonyl (C=O) groups is 1. The number of benzene rings is 1. The largest absolute Gasteiger partial charge is 0.416 e. The molecule has 19 heavy (non-hydrogen) atoms. The first-order valence-corrected chi connectivity index (χ1v) is 5.98. The molecular weight excluding hydrogens is 257 g/mol. The lowest BCUT2D eigenvalue weighted by Gasteiger charge is -2.17. The van der Waals surface area contributed by atoms with Crippen molar-refractivity contribution in [3.63, 3.8) is 0 Å². The van der Waals surface area contributed by atoms with E-state index in [1.165, 1.54) is 12.1 Å². The molecule has 0 fully saturated rings. The quantitative estimate of drug-likeness (QED) is 0.886. The number of nitrogens with two attached hydrogens (primary N) is 1. The molecule has 1 rings (SSSR count). The third kappa shape index (κ3) is 4.24. The predicted octanol–water partition coefficient (Wildman–Crippen LogP) is 2.62. The molecule has 1 unspecified atom stereocenters. The van der Waals surface area contributed by atoms with E-state index < -0.39 is 17.8 Å². The van der Waals surface area contributed by atoms with Crippen LogP contribution in [0.4, 0.5) is 13.2 Å². The van der Waals surface area contributed by atoms with Crippen LogP contribution in [0.1, 0.15) is 37.4 Å². The van der Waals surface area contributed by atoms with E-state index in [1.54, 1.807) is 13.8 Å². The summed E-state index contributed by atoms with van der Waals surface area (Å²) in [6.07, 6.45) is -3.85.